The monoisotopic (exact) mass is 737 g/mol. The van der Waals surface area contributed by atoms with Gasteiger partial charge in [0.25, 0.3) is 5.91 Å². The van der Waals surface area contributed by atoms with Gasteiger partial charge in [-0.1, -0.05) is 11.6 Å². The van der Waals surface area contributed by atoms with Crippen molar-refractivity contribution in [3.8, 4) is 5.82 Å². The van der Waals surface area contributed by atoms with Crippen LogP contribution in [0.4, 0.5) is 26.3 Å². The van der Waals surface area contributed by atoms with Gasteiger partial charge in [-0.2, -0.15) is 36.2 Å². The van der Waals surface area contributed by atoms with E-state index < -0.39 is 36.1 Å². The summed E-state index contributed by atoms with van der Waals surface area (Å²) in [5.41, 5.74) is -3.24. The Bertz CT molecular complexity index is 1700. The van der Waals surface area contributed by atoms with Gasteiger partial charge < -0.3 is 5.32 Å². The first kappa shape index (κ1) is 30.9. The SMILES string of the molecule is Cc1cc(I)cc(C(=O)NC2CC2)c1CC(=O)c1cc(Cn2nc(C(F)(F)F)c(C(F)(F)F)n2)nn1-c1ncccc1Cl. The first-order valence-corrected chi connectivity index (χ1v) is 14.0. The van der Waals surface area contributed by atoms with E-state index in [1.807, 2.05) is 0 Å². The smallest absolute Gasteiger partial charge is 0.349 e. The van der Waals surface area contributed by atoms with Gasteiger partial charge in [-0.15, -0.1) is 10.2 Å². The predicted octanol–water partition coefficient (Wildman–Crippen LogP) is 5.83. The van der Waals surface area contributed by atoms with Crippen molar-refractivity contribution in [2.24, 2.45) is 0 Å². The number of carbonyl (C=O) groups excluding carboxylic acids is 2. The zero-order chi connectivity index (χ0) is 31.3. The molecular formula is C26H19ClF6IN7O2. The van der Waals surface area contributed by atoms with Crippen LogP contribution in [0.25, 0.3) is 5.82 Å². The van der Waals surface area contributed by atoms with Crippen LogP contribution >= 0.6 is 34.2 Å². The van der Waals surface area contributed by atoms with Crippen LogP contribution in [-0.2, 0) is 25.3 Å². The van der Waals surface area contributed by atoms with Crippen LogP contribution in [0.3, 0.4) is 0 Å². The normalized spacial score (nSPS) is 13.8. The molecule has 1 amide bonds. The lowest BCUT2D eigenvalue weighted by molar-refractivity contribution is -0.165. The van der Waals surface area contributed by atoms with Gasteiger partial charge in [-0.05, 0) is 83.8 Å². The third-order valence-electron chi connectivity index (χ3n) is 6.41. The third kappa shape index (κ3) is 6.84. The highest BCUT2D eigenvalue weighted by Crippen LogP contribution is 2.38. The van der Waals surface area contributed by atoms with Crippen LogP contribution in [-0.4, -0.2) is 47.5 Å². The number of nitrogens with zero attached hydrogens (tertiary/aromatic N) is 6. The van der Waals surface area contributed by atoms with Gasteiger partial charge in [0, 0.05) is 27.8 Å². The fraction of sp³-hybridized carbons (Fsp3) is 0.308. The molecule has 1 fully saturated rings. The summed E-state index contributed by atoms with van der Waals surface area (Å²) in [6.07, 6.45) is -8.03. The first-order chi connectivity index (χ1) is 20.1. The van der Waals surface area contributed by atoms with Crippen molar-refractivity contribution in [1.82, 2.24) is 35.1 Å². The average Bonchev–Trinajstić information content (AvgIpc) is 3.43. The highest BCUT2D eigenvalue weighted by Gasteiger charge is 2.48. The third-order valence-corrected chi connectivity index (χ3v) is 7.33. The molecule has 3 aromatic heterocycles. The highest BCUT2D eigenvalue weighted by atomic mass is 127. The first-order valence-electron chi connectivity index (χ1n) is 12.5. The Hall–Kier alpha value is -3.54. The van der Waals surface area contributed by atoms with Gasteiger partial charge in [0.1, 0.15) is 12.2 Å². The second-order valence-corrected chi connectivity index (χ2v) is 11.4. The Labute approximate surface area is 257 Å². The molecule has 43 heavy (non-hydrogen) atoms. The van der Waals surface area contributed by atoms with E-state index >= 15 is 0 Å². The van der Waals surface area contributed by atoms with E-state index in [-0.39, 0.29) is 45.4 Å². The number of aryl methyl sites for hydroxylation is 1. The minimum atomic E-state index is -5.42. The van der Waals surface area contributed by atoms with Gasteiger partial charge in [0.2, 0.25) is 0 Å². The number of benzene rings is 1. The Morgan fingerprint density at radius 1 is 1.05 bits per heavy atom. The molecule has 17 heteroatoms. The largest absolute Gasteiger partial charge is 0.437 e. The number of halogens is 8. The van der Waals surface area contributed by atoms with E-state index in [9.17, 15) is 35.9 Å². The van der Waals surface area contributed by atoms with Crippen LogP contribution in [0, 0.1) is 10.5 Å². The number of alkyl halides is 6. The summed E-state index contributed by atoms with van der Waals surface area (Å²) in [5.74, 6) is -0.907. The molecule has 4 aromatic rings. The lowest BCUT2D eigenvalue weighted by Gasteiger charge is -2.14. The Morgan fingerprint density at radius 3 is 2.28 bits per heavy atom. The number of hydrogen-bond donors (Lipinski definition) is 1. The Morgan fingerprint density at radius 2 is 1.70 bits per heavy atom. The predicted molar refractivity (Wildman–Crippen MR) is 148 cm³/mol. The molecule has 0 unspecified atom stereocenters. The van der Waals surface area contributed by atoms with Crippen molar-refractivity contribution >= 4 is 45.9 Å². The molecule has 9 nitrogen and oxygen atoms in total. The maximum atomic E-state index is 13.8. The molecule has 1 aliphatic rings. The zero-order valence-electron chi connectivity index (χ0n) is 21.9. The van der Waals surface area contributed by atoms with Crippen molar-refractivity contribution in [2.75, 3.05) is 0 Å². The molecule has 1 aromatic carbocycles. The number of amides is 1. The maximum Gasteiger partial charge on any atom is 0.437 e. The molecule has 0 atom stereocenters. The van der Waals surface area contributed by atoms with Gasteiger partial charge >= 0.3 is 12.4 Å². The van der Waals surface area contributed by atoms with Crippen LogP contribution < -0.4 is 5.32 Å². The molecule has 1 N–H and O–H groups in total. The number of rotatable bonds is 8. The minimum absolute atomic E-state index is 0.00909. The number of hydrogen-bond acceptors (Lipinski definition) is 6. The topological polar surface area (TPSA) is 108 Å². The summed E-state index contributed by atoms with van der Waals surface area (Å²) in [7, 11) is 0. The van der Waals surface area contributed by atoms with Crippen molar-refractivity contribution in [1.29, 1.82) is 0 Å². The maximum absolute atomic E-state index is 13.8. The molecule has 0 spiro atoms. The summed E-state index contributed by atoms with van der Waals surface area (Å²) < 4.78 is 81.4. The van der Waals surface area contributed by atoms with Gasteiger partial charge in [0.05, 0.1) is 10.7 Å². The molecule has 0 bridgehead atoms. The molecular weight excluding hydrogens is 719 g/mol. The van der Waals surface area contributed by atoms with Crippen molar-refractivity contribution in [3.63, 3.8) is 0 Å². The molecule has 0 radical (unpaired) electrons. The number of aromatic nitrogens is 6. The zero-order valence-corrected chi connectivity index (χ0v) is 24.8. The van der Waals surface area contributed by atoms with Gasteiger partial charge in [0.15, 0.2) is 23.0 Å². The van der Waals surface area contributed by atoms with Gasteiger partial charge in [-0.25, -0.2) is 9.67 Å². The fourth-order valence-electron chi connectivity index (χ4n) is 4.30. The molecule has 3 heterocycles. The average molecular weight is 738 g/mol. The van der Waals surface area contributed by atoms with Crippen LogP contribution in [0.1, 0.15) is 61.9 Å². The number of nitrogens with one attached hydrogen (secondary N) is 1. The van der Waals surface area contributed by atoms with E-state index in [1.165, 1.54) is 24.4 Å². The van der Waals surface area contributed by atoms with Crippen molar-refractivity contribution < 1.29 is 35.9 Å². The van der Waals surface area contributed by atoms with Crippen LogP contribution in [0.15, 0.2) is 36.5 Å². The van der Waals surface area contributed by atoms with E-state index in [0.717, 1.165) is 21.1 Å². The summed E-state index contributed by atoms with van der Waals surface area (Å²) in [6.45, 7) is 1.01. The molecule has 1 aliphatic carbocycles. The fourth-order valence-corrected chi connectivity index (χ4v) is 5.28. The van der Waals surface area contributed by atoms with E-state index in [0.29, 0.717) is 16.7 Å². The summed E-state index contributed by atoms with van der Waals surface area (Å²) in [4.78, 5) is 31.1. The van der Waals surface area contributed by atoms with E-state index in [4.69, 9.17) is 11.6 Å². The number of pyridine rings is 1. The van der Waals surface area contributed by atoms with Crippen LogP contribution in [0.5, 0.6) is 0 Å². The molecule has 226 valence electrons. The Kier molecular flexibility index (Phi) is 8.28. The van der Waals surface area contributed by atoms with Crippen LogP contribution in [0.2, 0.25) is 5.02 Å². The standard InChI is InChI=1S/C26H19ClF6IN7O2/c1-12-7-13(34)8-17(24(43)36-14-4-5-14)16(12)10-20(42)19-9-15(37-41(19)23-18(27)3-2-6-35-23)11-40-38-21(25(28,29)30)22(39-40)26(31,32)33/h2-3,6-9,14H,4-5,10-11H2,1H3,(H,36,43). The molecule has 5 rings (SSSR count). The summed E-state index contributed by atoms with van der Waals surface area (Å²) in [5, 5.41) is 13.2. The molecule has 0 saturated heterocycles. The lowest BCUT2D eigenvalue weighted by atomic mass is 9.95. The lowest BCUT2D eigenvalue weighted by Crippen LogP contribution is -2.27. The molecule has 1 saturated carbocycles. The second-order valence-electron chi connectivity index (χ2n) is 9.76. The highest BCUT2D eigenvalue weighted by molar-refractivity contribution is 14.1. The minimum Gasteiger partial charge on any atom is -0.349 e. The van der Waals surface area contributed by atoms with E-state index in [1.54, 1.807) is 19.1 Å². The van der Waals surface area contributed by atoms with Crippen molar-refractivity contribution in [2.45, 2.75) is 51.1 Å². The number of Topliss-reactive ketones (excluding diaryl/α,β-unsaturated/α-hetero) is 1. The quantitative estimate of drug-likeness (QED) is 0.139. The number of carbonyl (C=O) groups is 2. The van der Waals surface area contributed by atoms with E-state index in [2.05, 4.69) is 48.2 Å². The molecule has 0 aliphatic heterocycles. The summed E-state index contributed by atoms with van der Waals surface area (Å²) in [6, 6.07) is 7.69. The van der Waals surface area contributed by atoms with Crippen molar-refractivity contribution in [3.05, 3.63) is 84.6 Å². The number of ketones is 1. The Balaban J connectivity index is 1.54. The second kappa shape index (κ2) is 11.5. The summed E-state index contributed by atoms with van der Waals surface area (Å²) >= 11 is 8.35. The van der Waals surface area contributed by atoms with Gasteiger partial charge in [-0.3, -0.25) is 9.59 Å².